The van der Waals surface area contributed by atoms with Crippen LogP contribution >= 0.6 is 22.9 Å². The van der Waals surface area contributed by atoms with E-state index in [-0.39, 0.29) is 21.5 Å². The molecule has 2 N–H and O–H groups in total. The molecular formula is C17H23ClN4O3S2. The Hall–Kier alpha value is -1.55. The minimum Gasteiger partial charge on any atom is -0.296 e. The van der Waals surface area contributed by atoms with E-state index in [1.54, 1.807) is 13.8 Å². The van der Waals surface area contributed by atoms with E-state index in [1.807, 2.05) is 0 Å². The minimum absolute atomic E-state index is 0.0248. The third kappa shape index (κ3) is 6.24. The van der Waals surface area contributed by atoms with Gasteiger partial charge in [0.25, 0.3) is 5.91 Å². The lowest BCUT2D eigenvalue weighted by Crippen LogP contribution is -2.30. The average Bonchev–Trinajstić information content (AvgIpc) is 3.01. The first-order valence-electron chi connectivity index (χ1n) is 8.68. The molecule has 0 aliphatic heterocycles. The standard InChI is InChI=1S/C17H23ClN4O3S2/c1-4-5-6-7-15-20-21-17(26-15)19-16(23)13-10-12(8-9-14(13)18)27(24,25)22-11(2)3/h8-11,22H,4-7H2,1-3H3,(H,19,21,23). The first-order valence-corrected chi connectivity index (χ1v) is 11.4. The number of hydrogen-bond donors (Lipinski definition) is 2. The van der Waals surface area contributed by atoms with Crippen LogP contribution in [0, 0.1) is 0 Å². The second-order valence-corrected chi connectivity index (χ2v) is 9.51. The van der Waals surface area contributed by atoms with E-state index >= 15 is 0 Å². The van der Waals surface area contributed by atoms with Crippen LogP contribution in [0.25, 0.3) is 0 Å². The highest BCUT2D eigenvalue weighted by atomic mass is 35.5. The van der Waals surface area contributed by atoms with E-state index in [0.717, 1.165) is 30.7 Å². The molecule has 0 aliphatic carbocycles. The largest absolute Gasteiger partial charge is 0.296 e. The summed E-state index contributed by atoms with van der Waals surface area (Å²) in [5, 5.41) is 12.0. The Morgan fingerprint density at radius 3 is 2.67 bits per heavy atom. The number of benzene rings is 1. The highest BCUT2D eigenvalue weighted by Gasteiger charge is 2.20. The number of hydrogen-bond acceptors (Lipinski definition) is 6. The SMILES string of the molecule is CCCCCc1nnc(NC(=O)c2cc(S(=O)(=O)NC(C)C)ccc2Cl)s1. The van der Waals surface area contributed by atoms with Crippen LogP contribution in [0.4, 0.5) is 5.13 Å². The van der Waals surface area contributed by atoms with Gasteiger partial charge in [0.05, 0.1) is 15.5 Å². The van der Waals surface area contributed by atoms with Crippen molar-refractivity contribution >= 4 is 44.0 Å². The van der Waals surface area contributed by atoms with Gasteiger partial charge in [0, 0.05) is 12.5 Å². The number of sulfonamides is 1. The molecule has 0 fully saturated rings. The van der Waals surface area contributed by atoms with E-state index < -0.39 is 15.9 Å². The summed E-state index contributed by atoms with van der Waals surface area (Å²) in [5.41, 5.74) is 0.0611. The smallest absolute Gasteiger partial charge is 0.259 e. The van der Waals surface area contributed by atoms with Crippen molar-refractivity contribution in [2.45, 2.75) is 57.4 Å². The van der Waals surface area contributed by atoms with Gasteiger partial charge in [-0.2, -0.15) is 0 Å². The number of anilines is 1. The highest BCUT2D eigenvalue weighted by Crippen LogP contribution is 2.23. The number of unbranched alkanes of at least 4 members (excludes halogenated alkanes) is 2. The van der Waals surface area contributed by atoms with Gasteiger partial charge in [-0.3, -0.25) is 10.1 Å². The summed E-state index contributed by atoms with van der Waals surface area (Å²) in [6, 6.07) is 3.74. The second kappa shape index (κ2) is 9.59. The maximum absolute atomic E-state index is 12.5. The Morgan fingerprint density at radius 1 is 1.26 bits per heavy atom. The van der Waals surface area contributed by atoms with Gasteiger partial charge in [-0.05, 0) is 38.5 Å². The van der Waals surface area contributed by atoms with E-state index in [9.17, 15) is 13.2 Å². The number of nitrogens with zero attached hydrogens (tertiary/aromatic N) is 2. The second-order valence-electron chi connectivity index (χ2n) is 6.33. The number of rotatable bonds is 9. The third-order valence-corrected chi connectivity index (χ3v) is 6.45. The number of carbonyl (C=O) groups is 1. The van der Waals surface area contributed by atoms with Gasteiger partial charge in [0.2, 0.25) is 15.2 Å². The lowest BCUT2D eigenvalue weighted by atomic mass is 10.2. The van der Waals surface area contributed by atoms with E-state index in [1.165, 1.54) is 29.5 Å². The van der Waals surface area contributed by atoms with Crippen molar-refractivity contribution in [1.29, 1.82) is 0 Å². The molecule has 0 saturated carbocycles. The summed E-state index contributed by atoms with van der Waals surface area (Å²) >= 11 is 7.40. The van der Waals surface area contributed by atoms with Crippen molar-refractivity contribution in [2.24, 2.45) is 0 Å². The zero-order chi connectivity index (χ0) is 20.0. The topological polar surface area (TPSA) is 101 Å². The predicted molar refractivity (Wildman–Crippen MR) is 108 cm³/mol. The van der Waals surface area contributed by atoms with Crippen LogP contribution in [0.5, 0.6) is 0 Å². The van der Waals surface area contributed by atoms with Crippen LogP contribution in [0.1, 0.15) is 55.4 Å². The van der Waals surface area contributed by atoms with Gasteiger partial charge in [0.1, 0.15) is 5.01 Å². The molecule has 1 heterocycles. The molecule has 1 amide bonds. The number of amides is 1. The molecule has 0 unspecified atom stereocenters. The molecule has 0 atom stereocenters. The fourth-order valence-electron chi connectivity index (χ4n) is 2.32. The summed E-state index contributed by atoms with van der Waals surface area (Å²) in [6.07, 6.45) is 4.07. The third-order valence-electron chi connectivity index (χ3n) is 3.57. The molecular weight excluding hydrogens is 408 g/mol. The maximum Gasteiger partial charge on any atom is 0.259 e. The summed E-state index contributed by atoms with van der Waals surface area (Å²) in [7, 11) is -3.73. The molecule has 0 bridgehead atoms. The Bertz CT molecular complexity index is 897. The van der Waals surface area contributed by atoms with Crippen molar-refractivity contribution in [3.63, 3.8) is 0 Å². The molecule has 0 spiro atoms. The molecule has 0 aliphatic rings. The van der Waals surface area contributed by atoms with Gasteiger partial charge < -0.3 is 0 Å². The zero-order valence-corrected chi connectivity index (χ0v) is 17.8. The van der Waals surface area contributed by atoms with Crippen LogP contribution in [0.3, 0.4) is 0 Å². The molecule has 1 aromatic carbocycles. The van der Waals surface area contributed by atoms with Crippen molar-refractivity contribution in [1.82, 2.24) is 14.9 Å². The van der Waals surface area contributed by atoms with E-state index in [2.05, 4.69) is 27.2 Å². The lowest BCUT2D eigenvalue weighted by molar-refractivity contribution is 0.102. The Balaban J connectivity index is 2.15. The van der Waals surface area contributed by atoms with E-state index in [4.69, 9.17) is 11.6 Å². The van der Waals surface area contributed by atoms with Crippen molar-refractivity contribution in [3.05, 3.63) is 33.8 Å². The van der Waals surface area contributed by atoms with E-state index in [0.29, 0.717) is 5.13 Å². The lowest BCUT2D eigenvalue weighted by Gasteiger charge is -2.11. The predicted octanol–water partition coefficient (Wildman–Crippen LogP) is 3.86. The van der Waals surface area contributed by atoms with Gasteiger partial charge in [-0.25, -0.2) is 13.1 Å². The van der Waals surface area contributed by atoms with Gasteiger partial charge in [0.15, 0.2) is 0 Å². The van der Waals surface area contributed by atoms with Crippen molar-refractivity contribution in [3.8, 4) is 0 Å². The number of carbonyl (C=O) groups excluding carboxylic acids is 1. The van der Waals surface area contributed by atoms with Crippen molar-refractivity contribution in [2.75, 3.05) is 5.32 Å². The Labute approximate surface area is 168 Å². The summed E-state index contributed by atoms with van der Waals surface area (Å²) in [5.74, 6) is -0.530. The molecule has 7 nitrogen and oxygen atoms in total. The number of halogens is 1. The molecule has 10 heteroatoms. The first-order chi connectivity index (χ1) is 12.7. The van der Waals surface area contributed by atoms with Crippen LogP contribution in [-0.2, 0) is 16.4 Å². The quantitative estimate of drug-likeness (QED) is 0.588. The summed E-state index contributed by atoms with van der Waals surface area (Å²) in [4.78, 5) is 12.5. The van der Waals surface area contributed by atoms with Gasteiger partial charge in [-0.15, -0.1) is 10.2 Å². The number of aryl methyl sites for hydroxylation is 1. The molecule has 1 aromatic heterocycles. The maximum atomic E-state index is 12.5. The first kappa shape index (κ1) is 21.7. The molecule has 0 radical (unpaired) electrons. The molecule has 2 rings (SSSR count). The van der Waals surface area contributed by atoms with Crippen LogP contribution in [-0.4, -0.2) is 30.6 Å². The van der Waals surface area contributed by atoms with Crippen LogP contribution < -0.4 is 10.0 Å². The van der Waals surface area contributed by atoms with Gasteiger partial charge >= 0.3 is 0 Å². The summed E-state index contributed by atoms with van der Waals surface area (Å²) < 4.78 is 27.1. The molecule has 148 valence electrons. The molecule has 0 saturated heterocycles. The summed E-state index contributed by atoms with van der Waals surface area (Å²) in [6.45, 7) is 5.56. The number of aromatic nitrogens is 2. The van der Waals surface area contributed by atoms with Crippen LogP contribution in [0.15, 0.2) is 23.1 Å². The fraction of sp³-hybridized carbons (Fsp3) is 0.471. The Kier molecular flexibility index (Phi) is 7.72. The zero-order valence-electron chi connectivity index (χ0n) is 15.5. The molecule has 2 aromatic rings. The minimum atomic E-state index is -3.73. The molecule has 27 heavy (non-hydrogen) atoms. The van der Waals surface area contributed by atoms with Crippen LogP contribution in [0.2, 0.25) is 5.02 Å². The normalized spacial score (nSPS) is 11.7. The number of nitrogens with one attached hydrogen (secondary N) is 2. The fourth-order valence-corrected chi connectivity index (χ4v) is 4.58. The van der Waals surface area contributed by atoms with Gasteiger partial charge in [-0.1, -0.05) is 42.7 Å². The van der Waals surface area contributed by atoms with Crippen molar-refractivity contribution < 1.29 is 13.2 Å². The average molecular weight is 431 g/mol. The monoisotopic (exact) mass is 430 g/mol. The highest BCUT2D eigenvalue weighted by molar-refractivity contribution is 7.89. The Morgan fingerprint density at radius 2 is 2.00 bits per heavy atom.